The van der Waals surface area contributed by atoms with Crippen molar-refractivity contribution in [3.05, 3.63) is 0 Å². The van der Waals surface area contributed by atoms with Crippen LogP contribution in [-0.4, -0.2) is 84.5 Å². The van der Waals surface area contributed by atoms with Crippen LogP contribution < -0.4 is 0 Å². The van der Waals surface area contributed by atoms with Gasteiger partial charge in [-0.25, -0.2) is 0 Å². The summed E-state index contributed by atoms with van der Waals surface area (Å²) in [5.41, 5.74) is -1.16. The van der Waals surface area contributed by atoms with Crippen molar-refractivity contribution in [2.45, 2.75) is 82.5 Å². The number of fused-ring (bicyclic) bond motifs is 2. The van der Waals surface area contributed by atoms with E-state index in [1.54, 1.807) is 14.2 Å². The van der Waals surface area contributed by atoms with Crippen molar-refractivity contribution in [2.75, 3.05) is 27.3 Å². The monoisotopic (exact) mass is 449 g/mol. The number of esters is 1. The molecular weight excluding hydrogens is 410 g/mol. The summed E-state index contributed by atoms with van der Waals surface area (Å²) in [7, 11) is 3.49. The van der Waals surface area contributed by atoms with Crippen molar-refractivity contribution < 1.29 is 29.2 Å². The molecule has 180 valence electrons. The molecule has 5 saturated carbocycles. The summed E-state index contributed by atoms with van der Waals surface area (Å²) in [6, 6.07) is 0.0768. The van der Waals surface area contributed by atoms with Gasteiger partial charge in [0.05, 0.1) is 24.4 Å². The van der Waals surface area contributed by atoms with E-state index in [0.717, 1.165) is 32.4 Å². The van der Waals surface area contributed by atoms with Crippen molar-refractivity contribution in [3.8, 4) is 0 Å². The van der Waals surface area contributed by atoms with E-state index in [0.29, 0.717) is 6.42 Å². The molecule has 0 aromatic rings. The second-order valence-corrected chi connectivity index (χ2v) is 12.0. The second-order valence-electron chi connectivity index (χ2n) is 12.0. The Morgan fingerprint density at radius 1 is 1.19 bits per heavy atom. The number of methoxy groups -OCH3 is 2. The number of aliphatic hydroxyl groups excluding tert-OH is 2. The Balaban J connectivity index is 1.65. The van der Waals surface area contributed by atoms with E-state index in [4.69, 9.17) is 14.2 Å². The van der Waals surface area contributed by atoms with E-state index in [2.05, 4.69) is 18.7 Å². The predicted octanol–water partition coefficient (Wildman–Crippen LogP) is 1.45. The lowest BCUT2D eigenvalue weighted by Crippen LogP contribution is -2.76. The molecule has 0 unspecified atom stereocenters. The molecule has 6 fully saturated rings. The molecule has 0 radical (unpaired) electrons. The van der Waals surface area contributed by atoms with E-state index in [1.807, 2.05) is 0 Å². The number of rotatable bonds is 4. The van der Waals surface area contributed by atoms with Crippen molar-refractivity contribution in [1.29, 1.82) is 0 Å². The van der Waals surface area contributed by atoms with Crippen molar-refractivity contribution in [1.82, 2.24) is 4.90 Å². The Kier molecular flexibility index (Phi) is 4.55. The molecule has 5 aliphatic carbocycles. The van der Waals surface area contributed by atoms with Crippen LogP contribution in [-0.2, 0) is 19.0 Å². The Labute approximate surface area is 190 Å². The molecule has 6 rings (SSSR count). The van der Waals surface area contributed by atoms with Gasteiger partial charge in [0.2, 0.25) is 0 Å². The third-order valence-electron chi connectivity index (χ3n) is 11.2. The molecule has 6 aliphatic rings. The Morgan fingerprint density at radius 3 is 2.56 bits per heavy atom. The molecule has 32 heavy (non-hydrogen) atoms. The average molecular weight is 450 g/mol. The molecule has 0 amide bonds. The summed E-state index contributed by atoms with van der Waals surface area (Å²) in [6.45, 7) is 7.94. The molecule has 2 N–H and O–H groups in total. The third-order valence-corrected chi connectivity index (χ3v) is 11.2. The van der Waals surface area contributed by atoms with Gasteiger partial charge in [-0.1, -0.05) is 13.8 Å². The number of nitrogens with zero attached hydrogens (tertiary/aromatic N) is 1. The van der Waals surface area contributed by atoms with E-state index >= 15 is 0 Å². The minimum atomic E-state index is -0.837. The van der Waals surface area contributed by atoms with Crippen LogP contribution in [0.4, 0.5) is 0 Å². The molecule has 0 aromatic carbocycles. The van der Waals surface area contributed by atoms with Gasteiger partial charge in [0.25, 0.3) is 0 Å². The minimum Gasteiger partial charge on any atom is -0.458 e. The number of aliphatic hydroxyl groups is 2. The highest BCUT2D eigenvalue weighted by atomic mass is 16.6. The molecule has 1 heterocycles. The largest absolute Gasteiger partial charge is 0.458 e. The van der Waals surface area contributed by atoms with Gasteiger partial charge < -0.3 is 24.4 Å². The summed E-state index contributed by atoms with van der Waals surface area (Å²) in [4.78, 5) is 15.2. The zero-order valence-corrected chi connectivity index (χ0v) is 20.0. The lowest BCUT2D eigenvalue weighted by molar-refractivity contribution is -0.272. The first-order valence-electron chi connectivity index (χ1n) is 12.6. The molecule has 1 aliphatic heterocycles. The van der Waals surface area contributed by atoms with Gasteiger partial charge in [-0.15, -0.1) is 0 Å². The van der Waals surface area contributed by atoms with Gasteiger partial charge in [-0.2, -0.15) is 0 Å². The number of hydrogen-bond donors (Lipinski definition) is 2. The number of hydrogen-bond acceptors (Lipinski definition) is 7. The van der Waals surface area contributed by atoms with Crippen LogP contribution in [0.2, 0.25) is 0 Å². The summed E-state index contributed by atoms with van der Waals surface area (Å²) in [6.07, 6.45) is 1.86. The van der Waals surface area contributed by atoms with Crippen LogP contribution in [0.25, 0.3) is 0 Å². The maximum absolute atomic E-state index is 12.6. The van der Waals surface area contributed by atoms with E-state index in [9.17, 15) is 15.0 Å². The van der Waals surface area contributed by atoms with Gasteiger partial charge in [-0.05, 0) is 37.1 Å². The minimum absolute atomic E-state index is 0.0181. The van der Waals surface area contributed by atoms with Crippen LogP contribution >= 0.6 is 0 Å². The Hall–Kier alpha value is -0.730. The molecule has 7 nitrogen and oxygen atoms in total. The zero-order valence-electron chi connectivity index (χ0n) is 20.0. The molecule has 1 saturated heterocycles. The number of ether oxygens (including phenoxy) is 3. The molecule has 0 aromatic heterocycles. The molecule has 7 bridgehead atoms. The van der Waals surface area contributed by atoms with Crippen molar-refractivity contribution >= 4 is 5.97 Å². The van der Waals surface area contributed by atoms with Crippen molar-refractivity contribution in [2.24, 2.45) is 40.4 Å². The van der Waals surface area contributed by atoms with E-state index in [1.165, 1.54) is 6.92 Å². The molecular formula is C25H39NO6. The van der Waals surface area contributed by atoms with Crippen LogP contribution in [0.3, 0.4) is 0 Å². The van der Waals surface area contributed by atoms with Crippen LogP contribution in [0.5, 0.6) is 0 Å². The number of carbonyl (C=O) groups is 1. The van der Waals surface area contributed by atoms with E-state index < -0.39 is 17.8 Å². The summed E-state index contributed by atoms with van der Waals surface area (Å²) in [5, 5.41) is 23.5. The van der Waals surface area contributed by atoms with Gasteiger partial charge in [-0.3, -0.25) is 9.69 Å². The van der Waals surface area contributed by atoms with Gasteiger partial charge in [0, 0.05) is 69.2 Å². The SMILES string of the molecule is CCN1C[C@]2(C)CC[C@H](O)[C@@]34[C@@H]5C[C@H]6[C@H](O)[C@@H]5[C@](OC(C)=O)(C[C@@H]6OC)[C@@H]([C@H](OC)[C@H]23)[C@@H]14. The topological polar surface area (TPSA) is 88.5 Å². The molecule has 13 atom stereocenters. The maximum atomic E-state index is 12.6. The highest BCUT2D eigenvalue weighted by Gasteiger charge is 2.86. The predicted molar refractivity (Wildman–Crippen MR) is 116 cm³/mol. The van der Waals surface area contributed by atoms with Crippen molar-refractivity contribution in [3.63, 3.8) is 0 Å². The lowest BCUT2D eigenvalue weighted by atomic mass is 9.43. The third kappa shape index (κ3) is 2.15. The van der Waals surface area contributed by atoms with Crippen LogP contribution in [0.15, 0.2) is 0 Å². The fourth-order valence-corrected chi connectivity index (χ4v) is 10.8. The zero-order chi connectivity index (χ0) is 22.8. The second kappa shape index (κ2) is 6.69. The smallest absolute Gasteiger partial charge is 0.303 e. The average Bonchev–Trinajstić information content (AvgIpc) is 3.15. The number of likely N-dealkylation sites (tertiary alicyclic amines) is 1. The summed E-state index contributed by atoms with van der Waals surface area (Å²) in [5.74, 6) is -0.288. The van der Waals surface area contributed by atoms with Gasteiger partial charge >= 0.3 is 5.97 Å². The Morgan fingerprint density at radius 2 is 1.94 bits per heavy atom. The highest BCUT2D eigenvalue weighted by molar-refractivity contribution is 5.67. The fraction of sp³-hybridized carbons (Fsp3) is 0.960. The highest BCUT2D eigenvalue weighted by Crippen LogP contribution is 2.79. The first-order chi connectivity index (χ1) is 15.2. The number of carbonyl (C=O) groups excluding carboxylic acids is 1. The first-order valence-corrected chi connectivity index (χ1v) is 12.6. The Bertz CT molecular complexity index is 822. The summed E-state index contributed by atoms with van der Waals surface area (Å²) < 4.78 is 18.7. The lowest BCUT2D eigenvalue weighted by Gasteiger charge is -2.68. The first kappa shape index (κ1) is 21.8. The van der Waals surface area contributed by atoms with Crippen LogP contribution in [0, 0.1) is 40.4 Å². The normalized spacial score (nSPS) is 59.8. The number of piperidine rings is 1. The van der Waals surface area contributed by atoms with Gasteiger partial charge in [0.1, 0.15) is 5.60 Å². The molecule has 7 heteroatoms. The molecule has 1 spiro atoms. The van der Waals surface area contributed by atoms with Gasteiger partial charge in [0.15, 0.2) is 0 Å². The van der Waals surface area contributed by atoms with Crippen LogP contribution in [0.1, 0.15) is 46.5 Å². The fourth-order valence-electron chi connectivity index (χ4n) is 10.8. The quantitative estimate of drug-likeness (QED) is 0.628. The van der Waals surface area contributed by atoms with E-state index in [-0.39, 0.29) is 64.6 Å². The standard InChI is InChI=1S/C25H39NO6/c1-6-26-11-23(3)8-7-16(28)25-14-9-13-15(30-4)10-24(32-12(2)27,17(14)19(13)29)18(22(25)26)20(31-5)21(23)25/h13-22,28-29H,6-11H2,1-5H3/t13-,14-,15+,16+,17-,18+,19+,20+,21-,22-,23+,24-,25+/m1/s1. The maximum Gasteiger partial charge on any atom is 0.303 e. The summed E-state index contributed by atoms with van der Waals surface area (Å²) >= 11 is 0.